The van der Waals surface area contributed by atoms with Crippen molar-refractivity contribution in [2.45, 2.75) is 51.5 Å². The van der Waals surface area contributed by atoms with Crippen LogP contribution in [0, 0.1) is 5.92 Å². The minimum Gasteiger partial charge on any atom is -0.481 e. The van der Waals surface area contributed by atoms with Gasteiger partial charge in [0.25, 0.3) is 0 Å². The molecular weight excluding hydrogens is 236 g/mol. The normalized spacial score (nSPS) is 17.6. The van der Waals surface area contributed by atoms with E-state index in [-0.39, 0.29) is 0 Å². The molecule has 1 atom stereocenters. The van der Waals surface area contributed by atoms with Gasteiger partial charge in [0.05, 0.1) is 7.11 Å². The Bertz CT molecular complexity index is 375. The number of nitrogens with one attached hydrogen (secondary N) is 1. The highest BCUT2D eigenvalue weighted by Crippen LogP contribution is 2.35. The smallest absolute Gasteiger partial charge is 0.217 e. The van der Waals surface area contributed by atoms with E-state index in [0.29, 0.717) is 6.04 Å². The average Bonchev–Trinajstić information content (AvgIpc) is 2.96. The minimum atomic E-state index is 0.381. The van der Waals surface area contributed by atoms with Gasteiger partial charge in [-0.15, -0.1) is 0 Å². The maximum absolute atomic E-state index is 5.42. The Kier molecular flexibility index (Phi) is 5.64. The summed E-state index contributed by atoms with van der Waals surface area (Å²) >= 11 is 0. The highest BCUT2D eigenvalue weighted by molar-refractivity contribution is 5.29. The fourth-order valence-electron chi connectivity index (χ4n) is 3.06. The molecule has 0 amide bonds. The van der Waals surface area contributed by atoms with E-state index in [4.69, 9.17) is 4.74 Å². The van der Waals surface area contributed by atoms with E-state index < -0.39 is 0 Å². The number of pyridine rings is 1. The lowest BCUT2D eigenvalue weighted by molar-refractivity contribution is 0.357. The minimum absolute atomic E-state index is 0.381. The standard InChI is InChI=1S/C16H26N2O/c1-3-10-17-15(12-13-7-4-5-8-13)14-9-6-11-18-16(14)19-2/h6,9,11,13,15,17H,3-5,7-8,10,12H2,1-2H3. The lowest BCUT2D eigenvalue weighted by Gasteiger charge is -2.23. The summed E-state index contributed by atoms with van der Waals surface area (Å²) in [6.45, 7) is 3.26. The van der Waals surface area contributed by atoms with Crippen molar-refractivity contribution in [1.82, 2.24) is 10.3 Å². The Balaban J connectivity index is 2.10. The second-order valence-corrected chi connectivity index (χ2v) is 5.49. The van der Waals surface area contributed by atoms with E-state index >= 15 is 0 Å². The Hall–Kier alpha value is -1.09. The molecule has 0 bridgehead atoms. The molecule has 1 unspecified atom stereocenters. The molecular formula is C16H26N2O. The summed E-state index contributed by atoms with van der Waals surface area (Å²) in [6.07, 6.45) is 9.73. The summed E-state index contributed by atoms with van der Waals surface area (Å²) in [6, 6.07) is 4.54. The topological polar surface area (TPSA) is 34.2 Å². The summed E-state index contributed by atoms with van der Waals surface area (Å²) in [5.74, 6) is 1.63. The summed E-state index contributed by atoms with van der Waals surface area (Å²) < 4.78 is 5.42. The van der Waals surface area contributed by atoms with Gasteiger partial charge in [0.2, 0.25) is 5.88 Å². The Morgan fingerprint density at radius 2 is 2.21 bits per heavy atom. The third-order valence-corrected chi connectivity index (χ3v) is 4.05. The summed E-state index contributed by atoms with van der Waals surface area (Å²) in [5, 5.41) is 3.67. The van der Waals surface area contributed by atoms with Gasteiger partial charge in [-0.3, -0.25) is 0 Å². The number of hydrogen-bond acceptors (Lipinski definition) is 3. The van der Waals surface area contributed by atoms with Crippen LogP contribution < -0.4 is 10.1 Å². The van der Waals surface area contributed by atoms with Crippen molar-refractivity contribution in [2.24, 2.45) is 5.92 Å². The first-order chi connectivity index (χ1) is 9.35. The van der Waals surface area contributed by atoms with E-state index in [9.17, 15) is 0 Å². The molecule has 0 aromatic carbocycles. The van der Waals surface area contributed by atoms with Crippen molar-refractivity contribution in [3.8, 4) is 5.88 Å². The van der Waals surface area contributed by atoms with Gasteiger partial charge in [0.15, 0.2) is 0 Å². The van der Waals surface area contributed by atoms with Crippen LogP contribution in [-0.2, 0) is 0 Å². The molecule has 3 nitrogen and oxygen atoms in total. The summed E-state index contributed by atoms with van der Waals surface area (Å²) in [7, 11) is 1.71. The van der Waals surface area contributed by atoms with Crippen molar-refractivity contribution >= 4 is 0 Å². The zero-order chi connectivity index (χ0) is 13.5. The Morgan fingerprint density at radius 3 is 2.89 bits per heavy atom. The predicted molar refractivity (Wildman–Crippen MR) is 78.4 cm³/mol. The van der Waals surface area contributed by atoms with Gasteiger partial charge >= 0.3 is 0 Å². The lowest BCUT2D eigenvalue weighted by Crippen LogP contribution is -2.24. The maximum Gasteiger partial charge on any atom is 0.217 e. The number of nitrogens with zero attached hydrogens (tertiary/aromatic N) is 1. The van der Waals surface area contributed by atoms with Crippen LogP contribution in [0.3, 0.4) is 0 Å². The molecule has 1 aromatic heterocycles. The summed E-state index contributed by atoms with van der Waals surface area (Å²) in [4.78, 5) is 4.34. The van der Waals surface area contributed by atoms with Crippen LogP contribution in [0.5, 0.6) is 5.88 Å². The first-order valence-corrected chi connectivity index (χ1v) is 7.57. The van der Waals surface area contributed by atoms with Gasteiger partial charge < -0.3 is 10.1 Å². The van der Waals surface area contributed by atoms with Gasteiger partial charge in [-0.2, -0.15) is 0 Å². The molecule has 1 heterocycles. The second kappa shape index (κ2) is 7.49. The van der Waals surface area contributed by atoms with Crippen molar-refractivity contribution < 1.29 is 4.74 Å². The van der Waals surface area contributed by atoms with Crippen molar-refractivity contribution in [3.63, 3.8) is 0 Å². The quantitative estimate of drug-likeness (QED) is 0.813. The van der Waals surface area contributed by atoms with Gasteiger partial charge in [-0.05, 0) is 31.4 Å². The number of aromatic nitrogens is 1. The third-order valence-electron chi connectivity index (χ3n) is 4.05. The number of ether oxygens (including phenoxy) is 1. The molecule has 0 spiro atoms. The number of methoxy groups -OCH3 is 1. The van der Waals surface area contributed by atoms with Gasteiger partial charge in [-0.25, -0.2) is 4.98 Å². The summed E-state index contributed by atoms with van der Waals surface area (Å²) in [5.41, 5.74) is 1.21. The van der Waals surface area contributed by atoms with E-state index in [1.54, 1.807) is 13.3 Å². The second-order valence-electron chi connectivity index (χ2n) is 5.49. The third kappa shape index (κ3) is 3.93. The Morgan fingerprint density at radius 1 is 1.42 bits per heavy atom. The van der Waals surface area contributed by atoms with Crippen molar-refractivity contribution in [3.05, 3.63) is 23.9 Å². The zero-order valence-corrected chi connectivity index (χ0v) is 12.2. The van der Waals surface area contributed by atoms with Crippen LogP contribution in [0.25, 0.3) is 0 Å². The van der Waals surface area contributed by atoms with Crippen LogP contribution in [0.4, 0.5) is 0 Å². The van der Waals surface area contributed by atoms with Crippen LogP contribution in [0.15, 0.2) is 18.3 Å². The monoisotopic (exact) mass is 262 g/mol. The molecule has 1 aromatic rings. The van der Waals surface area contributed by atoms with E-state index in [1.165, 1.54) is 37.7 Å². The van der Waals surface area contributed by atoms with Gasteiger partial charge in [0.1, 0.15) is 0 Å². The molecule has 19 heavy (non-hydrogen) atoms. The molecule has 0 aliphatic heterocycles. The highest BCUT2D eigenvalue weighted by atomic mass is 16.5. The molecule has 0 saturated heterocycles. The molecule has 1 saturated carbocycles. The molecule has 1 aliphatic rings. The number of hydrogen-bond donors (Lipinski definition) is 1. The first-order valence-electron chi connectivity index (χ1n) is 7.57. The van der Waals surface area contributed by atoms with Crippen LogP contribution in [0.1, 0.15) is 57.1 Å². The largest absolute Gasteiger partial charge is 0.481 e. The van der Waals surface area contributed by atoms with E-state index in [1.807, 2.05) is 6.07 Å². The highest BCUT2D eigenvalue weighted by Gasteiger charge is 2.23. The van der Waals surface area contributed by atoms with E-state index in [2.05, 4.69) is 23.3 Å². The molecule has 0 radical (unpaired) electrons. The molecule has 1 aliphatic carbocycles. The SMILES string of the molecule is CCCNC(CC1CCCC1)c1cccnc1OC. The fraction of sp³-hybridized carbons (Fsp3) is 0.688. The first kappa shape index (κ1) is 14.3. The zero-order valence-electron chi connectivity index (χ0n) is 12.2. The van der Waals surface area contributed by atoms with Crippen LogP contribution in [0.2, 0.25) is 0 Å². The molecule has 1 N–H and O–H groups in total. The predicted octanol–water partition coefficient (Wildman–Crippen LogP) is 3.71. The van der Waals surface area contributed by atoms with Gasteiger partial charge in [-0.1, -0.05) is 38.7 Å². The number of rotatable bonds is 7. The average molecular weight is 262 g/mol. The molecule has 2 rings (SSSR count). The Labute approximate surface area is 116 Å². The maximum atomic E-state index is 5.42. The molecule has 1 fully saturated rings. The van der Waals surface area contributed by atoms with Crippen molar-refractivity contribution in [2.75, 3.05) is 13.7 Å². The van der Waals surface area contributed by atoms with E-state index in [0.717, 1.165) is 24.8 Å². The molecule has 3 heteroatoms. The van der Waals surface area contributed by atoms with Crippen molar-refractivity contribution in [1.29, 1.82) is 0 Å². The van der Waals surface area contributed by atoms with Gasteiger partial charge in [0, 0.05) is 17.8 Å². The van der Waals surface area contributed by atoms with Crippen LogP contribution in [-0.4, -0.2) is 18.6 Å². The fourth-order valence-corrected chi connectivity index (χ4v) is 3.06. The lowest BCUT2D eigenvalue weighted by atomic mass is 9.94. The molecule has 106 valence electrons. The van der Waals surface area contributed by atoms with Crippen LogP contribution >= 0.6 is 0 Å².